The molecule has 176 valence electrons. The van der Waals surface area contributed by atoms with Gasteiger partial charge in [0.05, 0.1) is 5.56 Å². The molecule has 1 aliphatic heterocycles. The first-order valence-corrected chi connectivity index (χ1v) is 10.9. The first-order valence-electron chi connectivity index (χ1n) is 9.68. The summed E-state index contributed by atoms with van der Waals surface area (Å²) >= 11 is 0.782. The highest BCUT2D eigenvalue weighted by Gasteiger charge is 2.47. The molecule has 2 aliphatic rings. The second kappa shape index (κ2) is 8.70. The standard InChI is InChI=1S/C23H15F3INO6/c24-21(27)23(25,26)22(33)28-15-3-1-2-14(20(31)32)19(15)18-12-6-4-10(29)8-16(12)34-17-9-11(30)5-7-13(17)18/h1-9,16,21,29-30H,(H,28,33)(H,31,32). The van der Waals surface area contributed by atoms with Gasteiger partial charge in [0.25, 0.3) is 5.91 Å². The second-order valence-electron chi connectivity index (χ2n) is 7.39. The highest BCUT2D eigenvalue weighted by atomic mass is 127. The molecule has 2 atom stereocenters. The van der Waals surface area contributed by atoms with Crippen molar-refractivity contribution in [1.82, 2.24) is 0 Å². The fraction of sp³-hybridized carbons (Fsp3) is 0.130. The molecule has 0 bridgehead atoms. The van der Waals surface area contributed by atoms with Gasteiger partial charge in [-0.3, -0.25) is 4.79 Å². The maximum atomic E-state index is 14.0. The number of carboxylic acids is 1. The molecule has 1 amide bonds. The molecule has 7 nitrogen and oxygen atoms in total. The van der Waals surface area contributed by atoms with Crippen molar-refractivity contribution in [3.63, 3.8) is 0 Å². The van der Waals surface area contributed by atoms with Crippen molar-refractivity contribution in [2.24, 2.45) is 0 Å². The first kappa shape index (κ1) is 23.7. The van der Waals surface area contributed by atoms with E-state index >= 15 is 0 Å². The number of aromatic carboxylic acids is 1. The number of aromatic hydroxyl groups is 1. The van der Waals surface area contributed by atoms with Crippen LogP contribution in [0.25, 0.3) is 5.57 Å². The Kier molecular flexibility index (Phi) is 6.06. The lowest BCUT2D eigenvalue weighted by Crippen LogP contribution is -2.40. The van der Waals surface area contributed by atoms with E-state index in [0.29, 0.717) is 11.1 Å². The van der Waals surface area contributed by atoms with Gasteiger partial charge in [-0.1, -0.05) is 12.1 Å². The highest BCUT2D eigenvalue weighted by Crippen LogP contribution is 2.46. The number of phenolic OH excluding ortho intramolecular Hbond substituents is 1. The summed E-state index contributed by atoms with van der Waals surface area (Å²) in [4.78, 5) is 24.3. The molecule has 0 fully saturated rings. The van der Waals surface area contributed by atoms with Gasteiger partial charge in [0, 0.05) is 40.1 Å². The normalized spacial score (nSPS) is 17.8. The zero-order valence-corrected chi connectivity index (χ0v) is 19.1. The van der Waals surface area contributed by atoms with Crippen molar-refractivity contribution >= 4 is 45.7 Å². The summed E-state index contributed by atoms with van der Waals surface area (Å²) in [6, 6.07) is 7.72. The number of carbonyl (C=O) groups is 2. The maximum Gasteiger partial charge on any atom is 0.364 e. The van der Waals surface area contributed by atoms with Gasteiger partial charge >= 0.3 is 11.9 Å². The third-order valence-corrected chi connectivity index (χ3v) is 5.99. The van der Waals surface area contributed by atoms with E-state index < -0.39 is 28.1 Å². The number of nitrogens with one attached hydrogen (secondary N) is 1. The Balaban J connectivity index is 2.00. The number of carbonyl (C=O) groups excluding carboxylic acids is 1. The van der Waals surface area contributed by atoms with Crippen molar-refractivity contribution in [3.05, 3.63) is 82.6 Å². The fourth-order valence-corrected chi connectivity index (χ4v) is 3.97. The van der Waals surface area contributed by atoms with E-state index in [1.165, 1.54) is 54.6 Å². The van der Waals surface area contributed by atoms with E-state index in [1.54, 1.807) is 0 Å². The van der Waals surface area contributed by atoms with Crippen LogP contribution in [0.5, 0.6) is 11.5 Å². The number of anilines is 1. The predicted molar refractivity (Wildman–Crippen MR) is 124 cm³/mol. The number of ether oxygens (including phenoxy) is 1. The molecule has 1 heterocycles. The molecule has 0 saturated carbocycles. The van der Waals surface area contributed by atoms with Crippen molar-refractivity contribution < 1.29 is 42.8 Å². The zero-order chi connectivity index (χ0) is 24.8. The number of carboxylic acid groups (broad SMARTS) is 1. The van der Waals surface area contributed by atoms with Crippen LogP contribution < -0.4 is 10.1 Å². The average molecular weight is 585 g/mol. The van der Waals surface area contributed by atoms with Crippen molar-refractivity contribution in [1.29, 1.82) is 0 Å². The predicted octanol–water partition coefficient (Wildman–Crippen LogP) is 4.97. The molecule has 0 saturated heterocycles. The highest BCUT2D eigenvalue weighted by molar-refractivity contribution is 14.1. The van der Waals surface area contributed by atoms with Gasteiger partial charge in [0.2, 0.25) is 4.18 Å². The smallest absolute Gasteiger partial charge is 0.364 e. The van der Waals surface area contributed by atoms with Gasteiger partial charge in [-0.15, -0.1) is 0 Å². The summed E-state index contributed by atoms with van der Waals surface area (Å²) in [6.45, 7) is 0. The molecule has 2 unspecified atom stereocenters. The van der Waals surface area contributed by atoms with Crippen LogP contribution in [-0.4, -0.2) is 43.4 Å². The number of aliphatic hydroxyl groups excluding tert-OH is 1. The molecule has 4 N–H and O–H groups in total. The summed E-state index contributed by atoms with van der Waals surface area (Å²) in [5, 5.41) is 31.6. The van der Waals surface area contributed by atoms with Gasteiger partial charge in [-0.2, -0.15) is 8.78 Å². The largest absolute Gasteiger partial charge is 0.508 e. The van der Waals surface area contributed by atoms with Crippen molar-refractivity contribution in [3.8, 4) is 11.5 Å². The van der Waals surface area contributed by atoms with Crippen LogP contribution >= 0.6 is 22.6 Å². The number of halogens is 4. The van der Waals surface area contributed by atoms with E-state index in [0.717, 1.165) is 22.6 Å². The maximum absolute atomic E-state index is 14.0. The molecule has 0 aromatic heterocycles. The van der Waals surface area contributed by atoms with Crippen LogP contribution in [0.3, 0.4) is 0 Å². The topological polar surface area (TPSA) is 116 Å². The summed E-state index contributed by atoms with van der Waals surface area (Å²) in [5.41, 5.74) is 0.116. The minimum Gasteiger partial charge on any atom is -0.508 e. The lowest BCUT2D eigenvalue weighted by atomic mass is 9.83. The number of aliphatic hydroxyl groups is 1. The quantitative estimate of drug-likeness (QED) is 0.291. The molecule has 11 heteroatoms. The average Bonchev–Trinajstić information content (AvgIpc) is 2.77. The molecule has 2 aromatic rings. The van der Waals surface area contributed by atoms with E-state index in [1.807, 2.05) is 5.32 Å². The summed E-state index contributed by atoms with van der Waals surface area (Å²) < 4.78 is 44.5. The second-order valence-corrected chi connectivity index (χ2v) is 8.48. The molecule has 4 rings (SSSR count). The van der Waals surface area contributed by atoms with Crippen LogP contribution in [0, 0.1) is 0 Å². The van der Waals surface area contributed by atoms with Gasteiger partial charge < -0.3 is 25.4 Å². The van der Waals surface area contributed by atoms with Crippen LogP contribution in [0.2, 0.25) is 0 Å². The number of hydrogen-bond donors (Lipinski definition) is 4. The number of benzene rings is 2. The van der Waals surface area contributed by atoms with Crippen molar-refractivity contribution in [2.75, 3.05) is 5.32 Å². The van der Waals surface area contributed by atoms with Gasteiger partial charge in [0.1, 0.15) is 23.4 Å². The minimum absolute atomic E-state index is 0.127. The van der Waals surface area contributed by atoms with Crippen LogP contribution in [0.15, 0.2) is 66.0 Å². The van der Waals surface area contributed by atoms with E-state index in [-0.39, 0.29) is 39.6 Å². The van der Waals surface area contributed by atoms with Gasteiger partial charge in [0.15, 0.2) is 0 Å². The van der Waals surface area contributed by atoms with Crippen LogP contribution in [-0.2, 0) is 4.79 Å². The van der Waals surface area contributed by atoms with E-state index in [2.05, 4.69) is 0 Å². The lowest BCUT2D eigenvalue weighted by molar-refractivity contribution is -0.142. The Morgan fingerprint density at radius 1 is 1.15 bits per heavy atom. The van der Waals surface area contributed by atoms with E-state index in [4.69, 9.17) is 4.74 Å². The number of hydrogen-bond acceptors (Lipinski definition) is 5. The molecule has 34 heavy (non-hydrogen) atoms. The Labute approximate surface area is 204 Å². The molecule has 0 radical (unpaired) electrons. The van der Waals surface area contributed by atoms with Crippen LogP contribution in [0.4, 0.5) is 18.9 Å². The van der Waals surface area contributed by atoms with Gasteiger partial charge in [-0.25, -0.2) is 9.18 Å². The van der Waals surface area contributed by atoms with E-state index in [9.17, 15) is 38.1 Å². The summed E-state index contributed by atoms with van der Waals surface area (Å²) in [7, 11) is 0. The minimum atomic E-state index is -4.38. The molecular weight excluding hydrogens is 570 g/mol. The van der Waals surface area contributed by atoms with Gasteiger partial charge in [-0.05, 0) is 52.9 Å². The Morgan fingerprint density at radius 3 is 2.56 bits per heavy atom. The molecular formula is C23H15F3INO6. The number of allylic oxidation sites excluding steroid dienone is 1. The third kappa shape index (κ3) is 4.11. The Bertz CT molecular complexity index is 1300. The monoisotopic (exact) mass is 585 g/mol. The number of phenols is 1. The molecule has 1 aliphatic carbocycles. The Morgan fingerprint density at radius 2 is 1.88 bits per heavy atom. The summed E-state index contributed by atoms with van der Waals surface area (Å²) in [6.07, 6.45) is 3.22. The number of fused-ring (bicyclic) bond motifs is 2. The fourth-order valence-electron chi connectivity index (χ4n) is 3.69. The first-order chi connectivity index (χ1) is 16.0. The number of amides is 1. The lowest BCUT2D eigenvalue weighted by Gasteiger charge is -2.31. The van der Waals surface area contributed by atoms with Crippen LogP contribution in [0.1, 0.15) is 21.5 Å². The zero-order valence-electron chi connectivity index (χ0n) is 16.9. The Hall–Kier alpha value is -3.48. The molecule has 0 spiro atoms. The summed E-state index contributed by atoms with van der Waals surface area (Å²) in [5.74, 6) is -7.90. The SMILES string of the molecule is O=C(O)c1cccc(NC(=O)C(F)(F)C(F)I)c1C1=C2C=CC(O)=CC2Oc2cc(O)ccc21. The van der Waals surface area contributed by atoms with Crippen molar-refractivity contribution in [2.45, 2.75) is 16.2 Å². The third-order valence-electron chi connectivity index (χ3n) is 5.21. The number of rotatable bonds is 5. The molecule has 2 aromatic carbocycles. The number of alkyl halides is 4.